The number of aliphatic hydroxyl groups is 1. The number of nitrogens with zero attached hydrogens (tertiary/aromatic N) is 1. The van der Waals surface area contributed by atoms with Gasteiger partial charge in [0, 0.05) is 24.6 Å². The van der Waals surface area contributed by atoms with Crippen molar-refractivity contribution in [1.29, 1.82) is 0 Å². The first-order valence-corrected chi connectivity index (χ1v) is 9.58. The number of hydrogen-bond acceptors (Lipinski definition) is 2. The Morgan fingerprint density at radius 2 is 1.77 bits per heavy atom. The number of halogens is 5. The van der Waals surface area contributed by atoms with Gasteiger partial charge in [-0.3, -0.25) is 4.79 Å². The molecule has 2 aromatic rings. The molecule has 1 amide bonds. The molecule has 0 bridgehead atoms. The summed E-state index contributed by atoms with van der Waals surface area (Å²) in [7, 11) is 1.41. The van der Waals surface area contributed by atoms with Gasteiger partial charge in [-0.05, 0) is 67.6 Å². The molecule has 1 aliphatic rings. The molecule has 1 fully saturated rings. The van der Waals surface area contributed by atoms with Gasteiger partial charge in [-0.1, -0.05) is 6.07 Å². The smallest absolute Gasteiger partial charge is 0.392 e. The molecule has 0 saturated heterocycles. The molecule has 1 saturated carbocycles. The third-order valence-electron chi connectivity index (χ3n) is 5.72. The van der Waals surface area contributed by atoms with Gasteiger partial charge in [-0.25, -0.2) is 8.78 Å². The Hall–Kier alpha value is -2.48. The molecule has 3 atom stereocenters. The van der Waals surface area contributed by atoms with E-state index in [1.54, 1.807) is 13.0 Å². The van der Waals surface area contributed by atoms with Crippen LogP contribution in [0.3, 0.4) is 0 Å². The molecule has 0 aromatic heterocycles. The number of benzene rings is 2. The number of carbonyl (C=O) groups excluding carboxylic acids is 1. The number of alkyl halides is 3. The fourth-order valence-corrected chi connectivity index (χ4v) is 4.20. The van der Waals surface area contributed by atoms with Crippen molar-refractivity contribution < 1.29 is 31.9 Å². The summed E-state index contributed by atoms with van der Waals surface area (Å²) in [5, 5.41) is 10.6. The lowest BCUT2D eigenvalue weighted by molar-refractivity contribution is -0.137. The average Bonchev–Trinajstić information content (AvgIpc) is 2.67. The van der Waals surface area contributed by atoms with Crippen LogP contribution in [0.1, 0.15) is 52.2 Å². The second-order valence-electron chi connectivity index (χ2n) is 7.73. The van der Waals surface area contributed by atoms with E-state index in [0.29, 0.717) is 37.0 Å². The molecule has 0 heterocycles. The van der Waals surface area contributed by atoms with E-state index in [4.69, 9.17) is 0 Å². The molecule has 162 valence electrons. The maximum Gasteiger partial charge on any atom is 0.416 e. The van der Waals surface area contributed by atoms with Crippen molar-refractivity contribution in [3.05, 3.63) is 70.3 Å². The molecule has 1 aliphatic carbocycles. The molecule has 1 N–H and O–H groups in total. The van der Waals surface area contributed by atoms with E-state index >= 15 is 0 Å². The van der Waals surface area contributed by atoms with Gasteiger partial charge in [0.1, 0.15) is 11.6 Å². The average molecular weight is 427 g/mol. The SMILES string of the molecule is Cc1ccc(F)cc1[C@H]1[C@H](N(C)C(=O)c2cc(F)cc(C(F)(F)F)c2)CCC[C@@H]1O. The van der Waals surface area contributed by atoms with Gasteiger partial charge in [0.15, 0.2) is 0 Å². The van der Waals surface area contributed by atoms with Gasteiger partial charge < -0.3 is 10.0 Å². The van der Waals surface area contributed by atoms with Crippen LogP contribution >= 0.6 is 0 Å². The highest BCUT2D eigenvalue weighted by molar-refractivity contribution is 5.94. The summed E-state index contributed by atoms with van der Waals surface area (Å²) in [6, 6.07) is 5.30. The molecule has 0 radical (unpaired) electrons. The zero-order valence-electron chi connectivity index (χ0n) is 16.5. The first-order chi connectivity index (χ1) is 14.0. The first-order valence-electron chi connectivity index (χ1n) is 9.58. The predicted molar refractivity (Wildman–Crippen MR) is 101 cm³/mol. The van der Waals surface area contributed by atoms with Gasteiger partial charge >= 0.3 is 6.18 Å². The summed E-state index contributed by atoms with van der Waals surface area (Å²) in [4.78, 5) is 14.2. The van der Waals surface area contributed by atoms with Crippen LogP contribution in [0.25, 0.3) is 0 Å². The topological polar surface area (TPSA) is 40.5 Å². The predicted octanol–water partition coefficient (Wildman–Crippen LogP) is 5.06. The third kappa shape index (κ3) is 4.48. The Balaban J connectivity index is 1.98. The summed E-state index contributed by atoms with van der Waals surface area (Å²) in [6.45, 7) is 1.76. The minimum absolute atomic E-state index is 0.333. The Kier molecular flexibility index (Phi) is 6.17. The van der Waals surface area contributed by atoms with Crippen LogP contribution in [0.4, 0.5) is 22.0 Å². The maximum absolute atomic E-state index is 13.9. The zero-order chi connectivity index (χ0) is 22.2. The monoisotopic (exact) mass is 427 g/mol. The molecule has 30 heavy (non-hydrogen) atoms. The molecule has 0 spiro atoms. The maximum atomic E-state index is 13.9. The Labute approximate surface area is 171 Å². The fourth-order valence-electron chi connectivity index (χ4n) is 4.20. The van der Waals surface area contributed by atoms with Gasteiger partial charge in [-0.2, -0.15) is 13.2 Å². The lowest BCUT2D eigenvalue weighted by Crippen LogP contribution is -2.47. The Morgan fingerprint density at radius 1 is 1.07 bits per heavy atom. The van der Waals surface area contributed by atoms with Crippen molar-refractivity contribution in [1.82, 2.24) is 4.90 Å². The molecule has 0 unspecified atom stereocenters. The van der Waals surface area contributed by atoms with Crippen molar-refractivity contribution in [3.8, 4) is 0 Å². The number of aryl methyl sites for hydroxylation is 1. The van der Waals surface area contributed by atoms with Crippen LogP contribution in [0.15, 0.2) is 36.4 Å². The fraction of sp³-hybridized carbons (Fsp3) is 0.409. The van der Waals surface area contributed by atoms with E-state index in [0.717, 1.165) is 11.6 Å². The number of aliphatic hydroxyl groups excluding tert-OH is 1. The van der Waals surface area contributed by atoms with E-state index < -0.39 is 52.9 Å². The number of rotatable bonds is 3. The van der Waals surface area contributed by atoms with E-state index in [9.17, 15) is 31.9 Å². The van der Waals surface area contributed by atoms with Crippen LogP contribution in [0.5, 0.6) is 0 Å². The second kappa shape index (κ2) is 8.34. The molecule has 3 nitrogen and oxygen atoms in total. The summed E-state index contributed by atoms with van der Waals surface area (Å²) in [6.07, 6.45) is -4.13. The van der Waals surface area contributed by atoms with E-state index in [-0.39, 0.29) is 0 Å². The minimum atomic E-state index is -4.79. The Morgan fingerprint density at radius 3 is 2.43 bits per heavy atom. The highest BCUT2D eigenvalue weighted by atomic mass is 19.4. The van der Waals surface area contributed by atoms with Gasteiger partial charge in [-0.15, -0.1) is 0 Å². The summed E-state index contributed by atoms with van der Waals surface area (Å²) in [5.41, 5.74) is -0.402. The van der Waals surface area contributed by atoms with Crippen molar-refractivity contribution in [2.75, 3.05) is 7.05 Å². The van der Waals surface area contributed by atoms with Gasteiger partial charge in [0.25, 0.3) is 5.91 Å². The zero-order valence-corrected chi connectivity index (χ0v) is 16.5. The molecular formula is C22H22F5NO2. The number of likely N-dealkylation sites (N-methyl/N-ethyl adjacent to an activating group) is 1. The molecule has 2 aromatic carbocycles. The van der Waals surface area contributed by atoms with Gasteiger partial charge in [0.05, 0.1) is 11.7 Å². The van der Waals surface area contributed by atoms with E-state index in [2.05, 4.69) is 0 Å². The lowest BCUT2D eigenvalue weighted by Gasteiger charge is -2.41. The van der Waals surface area contributed by atoms with E-state index in [1.165, 1.54) is 24.1 Å². The quantitative estimate of drug-likeness (QED) is 0.696. The highest BCUT2D eigenvalue weighted by Crippen LogP contribution is 2.38. The molecule has 8 heteroatoms. The van der Waals surface area contributed by atoms with Crippen LogP contribution in [0.2, 0.25) is 0 Å². The number of amides is 1. The summed E-state index contributed by atoms with van der Waals surface area (Å²) in [5.74, 6) is -3.05. The molecule has 0 aliphatic heterocycles. The highest BCUT2D eigenvalue weighted by Gasteiger charge is 2.39. The largest absolute Gasteiger partial charge is 0.416 e. The van der Waals surface area contributed by atoms with Crippen LogP contribution in [-0.4, -0.2) is 35.1 Å². The van der Waals surface area contributed by atoms with Crippen molar-refractivity contribution in [3.63, 3.8) is 0 Å². The number of carbonyl (C=O) groups is 1. The van der Waals surface area contributed by atoms with Gasteiger partial charge in [0.2, 0.25) is 0 Å². The minimum Gasteiger partial charge on any atom is -0.392 e. The normalized spacial score (nSPS) is 22.1. The van der Waals surface area contributed by atoms with Crippen LogP contribution in [0, 0.1) is 18.6 Å². The summed E-state index contributed by atoms with van der Waals surface area (Å²) < 4.78 is 66.7. The summed E-state index contributed by atoms with van der Waals surface area (Å²) >= 11 is 0. The van der Waals surface area contributed by atoms with Crippen LogP contribution in [-0.2, 0) is 6.18 Å². The first kappa shape index (κ1) is 22.2. The Bertz CT molecular complexity index is 944. The van der Waals surface area contributed by atoms with Crippen LogP contribution < -0.4 is 0 Å². The molecule has 3 rings (SSSR count). The standard InChI is InChI=1S/C22H22F5NO2/c1-12-6-7-15(23)11-17(12)20-18(4-3-5-19(20)29)28(2)21(30)13-8-14(22(25,26)27)10-16(24)9-13/h6-11,18-20,29H,3-5H2,1-2H3/t18-,19+,20+/m1/s1. The molecular weight excluding hydrogens is 405 g/mol. The van der Waals surface area contributed by atoms with Crippen molar-refractivity contribution >= 4 is 5.91 Å². The third-order valence-corrected chi connectivity index (χ3v) is 5.72. The van der Waals surface area contributed by atoms with Crippen molar-refractivity contribution in [2.24, 2.45) is 0 Å². The number of hydrogen-bond donors (Lipinski definition) is 1. The lowest BCUT2D eigenvalue weighted by atomic mass is 9.75. The second-order valence-corrected chi connectivity index (χ2v) is 7.73. The van der Waals surface area contributed by atoms with E-state index in [1.807, 2.05) is 0 Å². The van der Waals surface area contributed by atoms with Crippen molar-refractivity contribution in [2.45, 2.75) is 50.4 Å².